The van der Waals surface area contributed by atoms with E-state index in [2.05, 4.69) is 0 Å². The highest BCUT2D eigenvalue weighted by Crippen LogP contribution is 2.64. The van der Waals surface area contributed by atoms with Gasteiger partial charge in [0.2, 0.25) is 23.6 Å². The molecule has 2 aromatic carbocycles. The van der Waals surface area contributed by atoms with Crippen LogP contribution in [0.5, 0.6) is 5.75 Å². The van der Waals surface area contributed by atoms with Gasteiger partial charge in [0.25, 0.3) is 0 Å². The van der Waals surface area contributed by atoms with Crippen LogP contribution in [-0.2, 0) is 24.0 Å². The number of aromatic hydroxyl groups is 1. The molecule has 3 fully saturated rings. The normalized spacial score (nSPS) is 30.3. The molecular formula is C30H25Cl2FN2O7. The van der Waals surface area contributed by atoms with Crippen molar-refractivity contribution in [2.75, 3.05) is 11.4 Å². The van der Waals surface area contributed by atoms with Crippen LogP contribution < -0.4 is 4.90 Å². The summed E-state index contributed by atoms with van der Waals surface area (Å²) in [7, 11) is 0. The van der Waals surface area contributed by atoms with E-state index in [0.29, 0.717) is 11.1 Å². The van der Waals surface area contributed by atoms with Crippen LogP contribution in [0.25, 0.3) is 0 Å². The number of imide groups is 2. The number of carbonyl (C=O) groups is 5. The molecule has 42 heavy (non-hydrogen) atoms. The lowest BCUT2D eigenvalue weighted by Crippen LogP contribution is -2.49. The number of carboxylic acid groups (broad SMARTS) is 1. The number of phenols is 1. The second-order valence-corrected chi connectivity index (χ2v) is 12.3. The van der Waals surface area contributed by atoms with Gasteiger partial charge in [-0.3, -0.25) is 28.9 Å². The topological polar surface area (TPSA) is 132 Å². The minimum Gasteiger partial charge on any atom is -0.508 e. The first-order valence-electron chi connectivity index (χ1n) is 13.4. The monoisotopic (exact) mass is 614 g/mol. The van der Waals surface area contributed by atoms with E-state index >= 15 is 0 Å². The number of anilines is 1. The Morgan fingerprint density at radius 3 is 2.48 bits per heavy atom. The summed E-state index contributed by atoms with van der Waals surface area (Å²) in [6.07, 6.45) is 1.63. The highest BCUT2D eigenvalue weighted by atomic mass is 35.5. The number of hydrogen-bond donors (Lipinski definition) is 2. The van der Waals surface area contributed by atoms with E-state index in [0.717, 1.165) is 15.9 Å². The standard InChI is InChI=1S/C30H25Cl2FN2O7/c1-30-19(27(40)35(29(30)42)14-3-6-21(33)20(32)11-14)12-17-15(25(30)18-10-13(31)2-7-22(18)36)4-5-16-24(17)28(41)34(26(16)39)9-8-23(37)38/h2-4,6-7,10-11,16-17,19,24-25,36H,5,8-9,12H2,1H3,(H,37,38)/t16-,17+,19-,24-,25+,30+/m0/s1. The number of fused-ring (bicyclic) bond motifs is 4. The van der Waals surface area contributed by atoms with Gasteiger partial charge in [0.1, 0.15) is 11.6 Å². The number of amides is 4. The number of carbonyl (C=O) groups excluding carboxylic acids is 4. The minimum atomic E-state index is -1.44. The summed E-state index contributed by atoms with van der Waals surface area (Å²) in [4.78, 5) is 68.4. The molecule has 2 aliphatic heterocycles. The fraction of sp³-hybridized carbons (Fsp3) is 0.367. The van der Waals surface area contributed by atoms with Crippen molar-refractivity contribution in [3.8, 4) is 5.75 Å². The molecule has 4 amide bonds. The van der Waals surface area contributed by atoms with Crippen LogP contribution in [0.2, 0.25) is 10.0 Å². The predicted octanol–water partition coefficient (Wildman–Crippen LogP) is 4.54. The molecule has 0 unspecified atom stereocenters. The predicted molar refractivity (Wildman–Crippen MR) is 148 cm³/mol. The largest absolute Gasteiger partial charge is 0.508 e. The summed E-state index contributed by atoms with van der Waals surface area (Å²) in [5, 5.41) is 20.2. The maximum atomic E-state index is 14.3. The Morgan fingerprint density at radius 2 is 1.79 bits per heavy atom. The molecule has 9 nitrogen and oxygen atoms in total. The van der Waals surface area contributed by atoms with Crippen molar-refractivity contribution in [3.05, 3.63) is 69.5 Å². The van der Waals surface area contributed by atoms with Crippen LogP contribution in [-0.4, -0.2) is 51.3 Å². The van der Waals surface area contributed by atoms with E-state index in [9.17, 15) is 33.5 Å². The van der Waals surface area contributed by atoms with Gasteiger partial charge in [-0.2, -0.15) is 0 Å². The number of rotatable bonds is 5. The average molecular weight is 615 g/mol. The minimum absolute atomic E-state index is 0.0586. The first kappa shape index (κ1) is 28.4. The molecule has 2 saturated heterocycles. The Morgan fingerprint density at radius 1 is 1.05 bits per heavy atom. The van der Waals surface area contributed by atoms with Gasteiger partial charge in [-0.15, -0.1) is 0 Å². The van der Waals surface area contributed by atoms with E-state index in [1.807, 2.05) is 0 Å². The fourth-order valence-corrected chi connectivity index (χ4v) is 7.83. The lowest BCUT2D eigenvalue weighted by atomic mass is 9.51. The van der Waals surface area contributed by atoms with Gasteiger partial charge in [0.15, 0.2) is 0 Å². The van der Waals surface area contributed by atoms with Gasteiger partial charge in [-0.1, -0.05) is 34.9 Å². The summed E-state index contributed by atoms with van der Waals surface area (Å²) in [5.74, 6) is -8.28. The summed E-state index contributed by atoms with van der Waals surface area (Å²) >= 11 is 12.3. The van der Waals surface area contributed by atoms with E-state index < -0.39 is 76.8 Å². The SMILES string of the molecule is C[C@@]12C(=O)N(c3ccc(F)c(Cl)c3)C(=O)[C@@H]1C[C@@H]1C(=CC[C@@H]3C(=O)N(CCC(=O)O)C(=O)[C@@H]31)[C@@H]2c1cc(Cl)ccc1O. The number of benzene rings is 2. The third-order valence-corrected chi connectivity index (χ3v) is 9.90. The third kappa shape index (κ3) is 3.99. The molecule has 2 aromatic rings. The zero-order valence-corrected chi connectivity index (χ0v) is 23.7. The fourth-order valence-electron chi connectivity index (χ4n) is 7.48. The van der Waals surface area contributed by atoms with E-state index in [-0.39, 0.29) is 40.9 Å². The van der Waals surface area contributed by atoms with Crippen LogP contribution in [0.1, 0.15) is 37.7 Å². The van der Waals surface area contributed by atoms with Gasteiger partial charge in [0, 0.05) is 23.0 Å². The number of allylic oxidation sites excluding steroid dienone is 2. The number of aliphatic carboxylic acids is 1. The summed E-state index contributed by atoms with van der Waals surface area (Å²) in [6, 6.07) is 7.94. The maximum Gasteiger partial charge on any atom is 0.305 e. The van der Waals surface area contributed by atoms with Crippen LogP contribution >= 0.6 is 23.2 Å². The molecule has 218 valence electrons. The summed E-state index contributed by atoms with van der Waals surface area (Å²) in [5.41, 5.74) is -0.426. The molecule has 2 N–H and O–H groups in total. The Labute approximate surface area is 249 Å². The molecule has 6 atom stereocenters. The summed E-state index contributed by atoms with van der Waals surface area (Å²) < 4.78 is 14.0. The molecule has 4 aliphatic rings. The number of likely N-dealkylation sites (tertiary alicyclic amines) is 1. The molecule has 2 aliphatic carbocycles. The number of carboxylic acids is 1. The van der Waals surface area contributed by atoms with Gasteiger partial charge in [-0.05, 0) is 62.1 Å². The highest BCUT2D eigenvalue weighted by Gasteiger charge is 2.67. The van der Waals surface area contributed by atoms with Crippen LogP contribution in [0.3, 0.4) is 0 Å². The Kier molecular flexibility index (Phi) is 6.69. The number of nitrogens with zero attached hydrogens (tertiary/aromatic N) is 2. The Balaban J connectivity index is 1.50. The lowest BCUT2D eigenvalue weighted by Gasteiger charge is -2.49. The van der Waals surface area contributed by atoms with Gasteiger partial charge in [-0.25, -0.2) is 9.29 Å². The average Bonchev–Trinajstić information content (AvgIpc) is 3.30. The van der Waals surface area contributed by atoms with Crippen molar-refractivity contribution in [1.82, 2.24) is 4.90 Å². The van der Waals surface area contributed by atoms with Crippen LogP contribution in [0, 0.1) is 34.9 Å². The zero-order chi connectivity index (χ0) is 30.2. The van der Waals surface area contributed by atoms with Gasteiger partial charge < -0.3 is 10.2 Å². The summed E-state index contributed by atoms with van der Waals surface area (Å²) in [6.45, 7) is 1.37. The highest BCUT2D eigenvalue weighted by molar-refractivity contribution is 6.32. The quantitative estimate of drug-likeness (QED) is 0.373. The number of hydrogen-bond acceptors (Lipinski definition) is 6. The molecule has 0 bridgehead atoms. The van der Waals surface area contributed by atoms with E-state index in [4.69, 9.17) is 28.3 Å². The van der Waals surface area contributed by atoms with Crippen molar-refractivity contribution in [1.29, 1.82) is 0 Å². The van der Waals surface area contributed by atoms with Crippen molar-refractivity contribution >= 4 is 58.5 Å². The molecule has 0 aromatic heterocycles. The second kappa shape index (κ2) is 9.91. The smallest absolute Gasteiger partial charge is 0.305 e. The Hall–Kier alpha value is -3.76. The molecule has 6 rings (SSSR count). The van der Waals surface area contributed by atoms with Crippen molar-refractivity contribution in [3.63, 3.8) is 0 Å². The van der Waals surface area contributed by atoms with Crippen molar-refractivity contribution in [2.45, 2.75) is 32.1 Å². The van der Waals surface area contributed by atoms with E-state index in [1.165, 1.54) is 30.3 Å². The van der Waals surface area contributed by atoms with Crippen molar-refractivity contribution < 1.29 is 38.6 Å². The first-order chi connectivity index (χ1) is 19.9. The molecule has 1 saturated carbocycles. The molecule has 0 spiro atoms. The Bertz CT molecular complexity index is 1630. The second-order valence-electron chi connectivity index (χ2n) is 11.4. The lowest BCUT2D eigenvalue weighted by molar-refractivity contribution is -0.142. The number of halogens is 3. The zero-order valence-electron chi connectivity index (χ0n) is 22.2. The van der Waals surface area contributed by atoms with E-state index in [1.54, 1.807) is 13.0 Å². The van der Waals surface area contributed by atoms with Crippen LogP contribution in [0.15, 0.2) is 48.0 Å². The van der Waals surface area contributed by atoms with Gasteiger partial charge >= 0.3 is 5.97 Å². The molecule has 0 radical (unpaired) electrons. The van der Waals surface area contributed by atoms with Gasteiger partial charge in [0.05, 0.1) is 40.3 Å². The van der Waals surface area contributed by atoms with Crippen LogP contribution in [0.4, 0.5) is 10.1 Å². The molecule has 2 heterocycles. The van der Waals surface area contributed by atoms with Crippen molar-refractivity contribution in [2.24, 2.45) is 29.1 Å². The molecular weight excluding hydrogens is 590 g/mol. The number of phenolic OH excluding ortho intramolecular Hbond substituents is 1. The molecule has 12 heteroatoms. The first-order valence-corrected chi connectivity index (χ1v) is 14.2. The maximum absolute atomic E-state index is 14.3. The third-order valence-electron chi connectivity index (χ3n) is 9.38.